The molecule has 2 aromatic carbocycles. The van der Waals surface area contributed by atoms with Crippen LogP contribution in [-0.2, 0) is 17.9 Å². The maximum Gasteiger partial charge on any atom is 0.258 e. The molecule has 5 nitrogen and oxygen atoms in total. The van der Waals surface area contributed by atoms with Crippen molar-refractivity contribution in [2.75, 3.05) is 13.2 Å². The second-order valence-electron chi connectivity index (χ2n) is 7.98. The maximum absolute atomic E-state index is 12.0. The van der Waals surface area contributed by atoms with Gasteiger partial charge < -0.3 is 20.1 Å². The van der Waals surface area contributed by atoms with Crippen molar-refractivity contribution in [3.63, 3.8) is 0 Å². The fraction of sp³-hybridized carbons (Fsp3) is 0.435. The number of amides is 1. The van der Waals surface area contributed by atoms with E-state index in [1.54, 1.807) is 0 Å². The van der Waals surface area contributed by atoms with Crippen LogP contribution in [0.15, 0.2) is 42.5 Å². The summed E-state index contributed by atoms with van der Waals surface area (Å²) in [6.45, 7) is 12.1. The number of nitrogens with one attached hydrogen (secondary N) is 1. The van der Waals surface area contributed by atoms with Crippen LogP contribution in [0.25, 0.3) is 0 Å². The molecule has 0 fully saturated rings. The number of quaternary nitrogens is 1. The molecule has 0 unspecified atom stereocenters. The van der Waals surface area contributed by atoms with Gasteiger partial charge in [0.2, 0.25) is 0 Å². The first-order chi connectivity index (χ1) is 13.3. The van der Waals surface area contributed by atoms with Crippen LogP contribution < -0.4 is 20.1 Å². The smallest absolute Gasteiger partial charge is 0.258 e. The lowest BCUT2D eigenvalue weighted by atomic mass is 10.1. The number of aryl methyl sites for hydroxylation is 1. The number of benzene rings is 2. The summed E-state index contributed by atoms with van der Waals surface area (Å²) in [5, 5.41) is 5.15. The molecule has 28 heavy (non-hydrogen) atoms. The van der Waals surface area contributed by atoms with Gasteiger partial charge in [0.15, 0.2) is 18.1 Å². The number of hydrogen-bond donors (Lipinski definition) is 2. The summed E-state index contributed by atoms with van der Waals surface area (Å²) in [5.41, 5.74) is 3.46. The van der Waals surface area contributed by atoms with Gasteiger partial charge in [-0.15, -0.1) is 0 Å². The van der Waals surface area contributed by atoms with Crippen molar-refractivity contribution in [1.82, 2.24) is 5.32 Å². The molecule has 152 valence electrons. The van der Waals surface area contributed by atoms with Gasteiger partial charge in [-0.1, -0.05) is 29.8 Å². The zero-order chi connectivity index (χ0) is 20.6. The Balaban J connectivity index is 1.93. The summed E-state index contributed by atoms with van der Waals surface area (Å²) >= 11 is 0. The van der Waals surface area contributed by atoms with Gasteiger partial charge >= 0.3 is 0 Å². The van der Waals surface area contributed by atoms with Crippen molar-refractivity contribution in [3.8, 4) is 11.5 Å². The van der Waals surface area contributed by atoms with Crippen LogP contribution >= 0.6 is 0 Å². The van der Waals surface area contributed by atoms with Crippen LogP contribution in [0.1, 0.15) is 44.4 Å². The number of hydrogen-bond acceptors (Lipinski definition) is 3. The minimum absolute atomic E-state index is 0.0315. The lowest BCUT2D eigenvalue weighted by Gasteiger charge is -2.21. The predicted octanol–water partition coefficient (Wildman–Crippen LogP) is 2.95. The van der Waals surface area contributed by atoms with Gasteiger partial charge in [0.1, 0.15) is 13.1 Å². The lowest BCUT2D eigenvalue weighted by molar-refractivity contribution is -0.686. The molecule has 5 heteroatoms. The number of ether oxygens (including phenoxy) is 2. The van der Waals surface area contributed by atoms with Gasteiger partial charge in [-0.3, -0.25) is 4.79 Å². The van der Waals surface area contributed by atoms with Gasteiger partial charge in [-0.05, 0) is 52.8 Å². The van der Waals surface area contributed by atoms with E-state index in [2.05, 4.69) is 41.8 Å². The summed E-state index contributed by atoms with van der Waals surface area (Å²) in [6, 6.07) is 14.5. The quantitative estimate of drug-likeness (QED) is 0.698. The van der Waals surface area contributed by atoms with Crippen molar-refractivity contribution in [2.24, 2.45) is 0 Å². The van der Waals surface area contributed by atoms with Gasteiger partial charge in [-0.25, -0.2) is 0 Å². The van der Waals surface area contributed by atoms with Crippen LogP contribution in [-0.4, -0.2) is 24.7 Å². The van der Waals surface area contributed by atoms with E-state index in [9.17, 15) is 4.79 Å². The maximum atomic E-state index is 12.0. The summed E-state index contributed by atoms with van der Waals surface area (Å²) in [7, 11) is 0. The van der Waals surface area contributed by atoms with Crippen LogP contribution in [0, 0.1) is 6.92 Å². The third kappa shape index (κ3) is 7.61. The molecule has 0 bridgehead atoms. The first-order valence-electron chi connectivity index (χ1n) is 9.83. The predicted molar refractivity (Wildman–Crippen MR) is 112 cm³/mol. The molecule has 0 aromatic heterocycles. The molecule has 0 atom stereocenters. The van der Waals surface area contributed by atoms with Crippen molar-refractivity contribution in [3.05, 3.63) is 59.2 Å². The molecule has 2 rings (SSSR count). The van der Waals surface area contributed by atoms with E-state index in [1.165, 1.54) is 11.1 Å². The normalized spacial score (nSPS) is 11.2. The van der Waals surface area contributed by atoms with Gasteiger partial charge in [0.05, 0.1) is 6.61 Å². The van der Waals surface area contributed by atoms with Crippen molar-refractivity contribution in [1.29, 1.82) is 0 Å². The Morgan fingerprint density at radius 3 is 2.25 bits per heavy atom. The summed E-state index contributed by atoms with van der Waals surface area (Å²) in [4.78, 5) is 12.0. The standard InChI is InChI=1S/C23H32N2O3/c1-6-27-21-13-19(15-24-14-18-9-7-17(2)8-10-18)11-12-20(21)28-16-22(26)25-23(3,4)5/h7-13,24H,6,14-16H2,1-5H3,(H,25,26)/p+1. The van der Waals surface area contributed by atoms with E-state index < -0.39 is 0 Å². The zero-order valence-corrected chi connectivity index (χ0v) is 17.7. The Hall–Kier alpha value is -2.53. The van der Waals surface area contributed by atoms with Crippen LogP contribution in [0.5, 0.6) is 11.5 Å². The lowest BCUT2D eigenvalue weighted by Crippen LogP contribution is -2.80. The highest BCUT2D eigenvalue weighted by molar-refractivity contribution is 5.78. The average molecular weight is 386 g/mol. The Bertz CT molecular complexity index is 764. The van der Waals surface area contributed by atoms with Gasteiger partial charge in [0, 0.05) is 16.7 Å². The van der Waals surface area contributed by atoms with Crippen molar-refractivity contribution in [2.45, 2.75) is 53.2 Å². The fourth-order valence-electron chi connectivity index (χ4n) is 2.79. The molecule has 0 aliphatic heterocycles. The highest BCUT2D eigenvalue weighted by Crippen LogP contribution is 2.28. The molecule has 0 saturated heterocycles. The molecule has 0 saturated carbocycles. The third-order valence-electron chi connectivity index (χ3n) is 4.06. The Morgan fingerprint density at radius 1 is 0.964 bits per heavy atom. The van der Waals surface area contributed by atoms with E-state index in [0.717, 1.165) is 18.7 Å². The number of carbonyl (C=O) groups is 1. The molecule has 1 amide bonds. The molecule has 0 heterocycles. The molecule has 2 aromatic rings. The second kappa shape index (κ2) is 10.1. The van der Waals surface area contributed by atoms with Crippen molar-refractivity contribution < 1.29 is 19.6 Å². The molecule has 0 spiro atoms. The Kier molecular flexibility index (Phi) is 7.88. The third-order valence-corrected chi connectivity index (χ3v) is 4.06. The summed E-state index contributed by atoms with van der Waals surface area (Å²) < 4.78 is 11.4. The average Bonchev–Trinajstić information content (AvgIpc) is 2.61. The Labute approximate surface area is 168 Å². The first-order valence-corrected chi connectivity index (χ1v) is 9.83. The van der Waals surface area contributed by atoms with E-state index >= 15 is 0 Å². The fourth-order valence-corrected chi connectivity index (χ4v) is 2.79. The number of carbonyl (C=O) groups excluding carboxylic acids is 1. The topological polar surface area (TPSA) is 64.2 Å². The van der Waals surface area contributed by atoms with Gasteiger partial charge in [0.25, 0.3) is 5.91 Å². The zero-order valence-electron chi connectivity index (χ0n) is 17.7. The van der Waals surface area contributed by atoms with Crippen LogP contribution in [0.2, 0.25) is 0 Å². The van der Waals surface area contributed by atoms with E-state index in [0.29, 0.717) is 18.1 Å². The SMILES string of the molecule is CCOc1cc(C[NH2+]Cc2ccc(C)cc2)ccc1OCC(=O)NC(C)(C)C. The first kappa shape index (κ1) is 21.8. The second-order valence-corrected chi connectivity index (χ2v) is 7.98. The minimum Gasteiger partial charge on any atom is -0.490 e. The molecular formula is C23H33N2O3+. The van der Waals surface area contributed by atoms with E-state index in [4.69, 9.17) is 9.47 Å². The van der Waals surface area contributed by atoms with Crippen LogP contribution in [0.3, 0.4) is 0 Å². The summed E-state index contributed by atoms with van der Waals surface area (Å²) in [5.74, 6) is 1.12. The highest BCUT2D eigenvalue weighted by atomic mass is 16.5. The highest BCUT2D eigenvalue weighted by Gasteiger charge is 2.15. The molecule has 0 aliphatic carbocycles. The van der Waals surface area contributed by atoms with Gasteiger partial charge in [-0.2, -0.15) is 0 Å². The number of nitrogens with two attached hydrogens (primary N) is 1. The molecule has 0 aliphatic rings. The molecule has 3 N–H and O–H groups in total. The van der Waals surface area contributed by atoms with E-state index in [1.807, 2.05) is 45.9 Å². The summed E-state index contributed by atoms with van der Waals surface area (Å²) in [6.07, 6.45) is 0. The molecular weight excluding hydrogens is 352 g/mol. The van der Waals surface area contributed by atoms with Crippen molar-refractivity contribution >= 4 is 5.91 Å². The minimum atomic E-state index is -0.277. The monoisotopic (exact) mass is 385 g/mol. The van der Waals surface area contributed by atoms with Crippen LogP contribution in [0.4, 0.5) is 0 Å². The van der Waals surface area contributed by atoms with E-state index in [-0.39, 0.29) is 18.1 Å². The Morgan fingerprint density at radius 2 is 1.61 bits per heavy atom. The molecule has 0 radical (unpaired) electrons. The number of rotatable bonds is 9. The largest absolute Gasteiger partial charge is 0.490 e.